The second kappa shape index (κ2) is 10.8. The number of nitrogens with zero attached hydrogens (tertiary/aromatic N) is 2. The molecule has 2 aromatic rings. The van der Waals surface area contributed by atoms with E-state index >= 15 is 0 Å². The summed E-state index contributed by atoms with van der Waals surface area (Å²) in [7, 11) is 1.44. The Morgan fingerprint density at radius 2 is 1.91 bits per heavy atom. The molecule has 1 aliphatic rings. The summed E-state index contributed by atoms with van der Waals surface area (Å²) in [6, 6.07) is 7.67. The Hall–Kier alpha value is -3.26. The average Bonchev–Trinajstić information content (AvgIpc) is 2.79. The second-order valence-electron chi connectivity index (χ2n) is 8.64. The summed E-state index contributed by atoms with van der Waals surface area (Å²) in [6.07, 6.45) is 0.723. The van der Waals surface area contributed by atoms with Gasteiger partial charge in [-0.1, -0.05) is 18.7 Å². The van der Waals surface area contributed by atoms with Gasteiger partial charge < -0.3 is 15.0 Å². The highest BCUT2D eigenvalue weighted by atomic mass is 19.1. The summed E-state index contributed by atoms with van der Waals surface area (Å²) in [5.74, 6) is -1.41. The van der Waals surface area contributed by atoms with Gasteiger partial charge in [-0.3, -0.25) is 14.5 Å². The maximum Gasteiger partial charge on any atom is 0.254 e. The first kappa shape index (κ1) is 25.4. The van der Waals surface area contributed by atoms with E-state index in [9.17, 15) is 18.4 Å². The fourth-order valence-electron chi connectivity index (χ4n) is 4.26. The van der Waals surface area contributed by atoms with Gasteiger partial charge in [0.05, 0.1) is 5.56 Å². The van der Waals surface area contributed by atoms with Crippen LogP contribution in [-0.2, 0) is 4.79 Å². The summed E-state index contributed by atoms with van der Waals surface area (Å²) < 4.78 is 35.3. The number of carbonyl (C=O) groups excluding carboxylic acids is 2. The molecule has 2 atom stereocenters. The molecule has 0 aromatic heterocycles. The molecule has 0 saturated carbocycles. The summed E-state index contributed by atoms with van der Waals surface area (Å²) in [5, 5.41) is 2.43. The molecular weight excluding hydrogens is 440 g/mol. The van der Waals surface area contributed by atoms with E-state index < -0.39 is 17.8 Å². The van der Waals surface area contributed by atoms with Crippen molar-refractivity contribution in [3.05, 3.63) is 76.9 Å². The van der Waals surface area contributed by atoms with Crippen LogP contribution >= 0.6 is 0 Å². The van der Waals surface area contributed by atoms with Crippen molar-refractivity contribution in [2.75, 3.05) is 33.2 Å². The van der Waals surface area contributed by atoms with E-state index in [-0.39, 0.29) is 29.1 Å². The molecule has 8 heteroatoms. The van der Waals surface area contributed by atoms with Crippen LogP contribution in [0.15, 0.2) is 43.0 Å². The third-order valence-corrected chi connectivity index (χ3v) is 6.15. The zero-order valence-corrected chi connectivity index (χ0v) is 20.0. The summed E-state index contributed by atoms with van der Waals surface area (Å²) in [4.78, 5) is 28.0. The zero-order valence-electron chi connectivity index (χ0n) is 20.0. The molecule has 0 radical (unpaired) electrons. The number of halogens is 2. The molecule has 0 aliphatic carbocycles. The van der Waals surface area contributed by atoms with Gasteiger partial charge in [-0.15, -0.1) is 0 Å². The standard InChI is InChI=1S/C26H31F2N3O3/c1-6-24(32)31-10-9-30(14-18(31)4)15-23(19-8-7-16(2)21(27)12-19)34-20-11-17(3)25(22(28)13-20)26(33)29-5/h6-8,11-13,18,23H,1,9-10,14-15H2,2-5H3,(H,29,33)/t18-,23-/m1/s1. The minimum Gasteiger partial charge on any atom is -0.484 e. The number of ether oxygens (including phenoxy) is 1. The average molecular weight is 472 g/mol. The van der Waals surface area contributed by atoms with Crippen LogP contribution in [0.4, 0.5) is 8.78 Å². The van der Waals surface area contributed by atoms with Gasteiger partial charge in [0.1, 0.15) is 23.5 Å². The van der Waals surface area contributed by atoms with E-state index in [1.54, 1.807) is 36.9 Å². The van der Waals surface area contributed by atoms with Gasteiger partial charge in [-0.05, 0) is 55.7 Å². The monoisotopic (exact) mass is 471 g/mol. The second-order valence-corrected chi connectivity index (χ2v) is 8.64. The Balaban J connectivity index is 1.87. The fraction of sp³-hybridized carbons (Fsp3) is 0.385. The molecule has 1 fully saturated rings. The van der Waals surface area contributed by atoms with Crippen molar-refractivity contribution in [3.8, 4) is 5.75 Å². The molecule has 1 aliphatic heterocycles. The van der Waals surface area contributed by atoms with Crippen molar-refractivity contribution < 1.29 is 23.1 Å². The molecule has 6 nitrogen and oxygen atoms in total. The molecule has 34 heavy (non-hydrogen) atoms. The number of carbonyl (C=O) groups is 2. The SMILES string of the molecule is C=CC(=O)N1CCN(C[C@@H](Oc2cc(C)c(C(=O)NC)c(F)c2)c2ccc(C)c(F)c2)C[C@H]1C. The van der Waals surface area contributed by atoms with Gasteiger partial charge in [0, 0.05) is 45.3 Å². The molecule has 3 rings (SSSR count). The quantitative estimate of drug-likeness (QED) is 0.625. The van der Waals surface area contributed by atoms with Crippen molar-refractivity contribution in [2.24, 2.45) is 0 Å². The van der Waals surface area contributed by atoms with Crippen LogP contribution in [0.2, 0.25) is 0 Å². The number of piperazine rings is 1. The Morgan fingerprint density at radius 3 is 2.50 bits per heavy atom. The molecular formula is C26H31F2N3O3. The first-order valence-corrected chi connectivity index (χ1v) is 11.2. The molecule has 1 saturated heterocycles. The molecule has 2 amide bonds. The predicted octanol–water partition coefficient (Wildman–Crippen LogP) is 3.78. The van der Waals surface area contributed by atoms with Crippen LogP contribution in [0.25, 0.3) is 0 Å². The number of hydrogen-bond acceptors (Lipinski definition) is 4. The first-order valence-electron chi connectivity index (χ1n) is 11.2. The van der Waals surface area contributed by atoms with Gasteiger partial charge >= 0.3 is 0 Å². The summed E-state index contributed by atoms with van der Waals surface area (Å²) in [6.45, 7) is 11.0. The Labute approximate surface area is 199 Å². The maximum absolute atomic E-state index is 14.7. The third kappa shape index (κ3) is 5.62. The Morgan fingerprint density at radius 1 is 1.18 bits per heavy atom. The van der Waals surface area contributed by atoms with Crippen LogP contribution in [0, 0.1) is 25.5 Å². The van der Waals surface area contributed by atoms with Crippen LogP contribution in [-0.4, -0.2) is 60.9 Å². The van der Waals surface area contributed by atoms with Gasteiger partial charge in [0.15, 0.2) is 0 Å². The number of nitrogens with one attached hydrogen (secondary N) is 1. The lowest BCUT2D eigenvalue weighted by Crippen LogP contribution is -2.54. The summed E-state index contributed by atoms with van der Waals surface area (Å²) >= 11 is 0. The third-order valence-electron chi connectivity index (χ3n) is 6.15. The topological polar surface area (TPSA) is 61.9 Å². The molecule has 0 unspecified atom stereocenters. The molecule has 1 heterocycles. The smallest absolute Gasteiger partial charge is 0.254 e. The van der Waals surface area contributed by atoms with E-state index in [1.807, 2.05) is 6.92 Å². The number of amides is 2. The zero-order chi connectivity index (χ0) is 25.0. The Kier molecular flexibility index (Phi) is 8.04. The Bertz CT molecular complexity index is 1070. The molecule has 1 N–H and O–H groups in total. The van der Waals surface area contributed by atoms with Crippen LogP contribution < -0.4 is 10.1 Å². The normalized spacial score (nSPS) is 17.2. The summed E-state index contributed by atoms with van der Waals surface area (Å²) in [5.41, 5.74) is 1.54. The van der Waals surface area contributed by atoms with Crippen molar-refractivity contribution in [2.45, 2.75) is 32.9 Å². The van der Waals surface area contributed by atoms with Gasteiger partial charge in [-0.25, -0.2) is 8.78 Å². The van der Waals surface area contributed by atoms with Crippen molar-refractivity contribution in [3.63, 3.8) is 0 Å². The number of aryl methyl sites for hydroxylation is 2. The van der Waals surface area contributed by atoms with E-state index in [2.05, 4.69) is 16.8 Å². The molecule has 2 aromatic carbocycles. The lowest BCUT2D eigenvalue weighted by Gasteiger charge is -2.40. The van der Waals surface area contributed by atoms with E-state index in [0.717, 1.165) is 0 Å². The van der Waals surface area contributed by atoms with Gasteiger partial charge in [-0.2, -0.15) is 0 Å². The van der Waals surface area contributed by atoms with Gasteiger partial charge in [0.2, 0.25) is 5.91 Å². The predicted molar refractivity (Wildman–Crippen MR) is 127 cm³/mol. The van der Waals surface area contributed by atoms with Crippen molar-refractivity contribution in [1.82, 2.24) is 15.1 Å². The number of rotatable bonds is 7. The minimum absolute atomic E-state index is 0.0267. The van der Waals surface area contributed by atoms with Crippen molar-refractivity contribution in [1.29, 1.82) is 0 Å². The first-order chi connectivity index (χ1) is 16.1. The fourth-order valence-corrected chi connectivity index (χ4v) is 4.26. The maximum atomic E-state index is 14.7. The highest BCUT2D eigenvalue weighted by Crippen LogP contribution is 2.28. The number of hydrogen-bond donors (Lipinski definition) is 1. The lowest BCUT2D eigenvalue weighted by atomic mass is 10.0. The van der Waals surface area contributed by atoms with E-state index in [1.165, 1.54) is 25.3 Å². The molecule has 182 valence electrons. The van der Waals surface area contributed by atoms with E-state index in [4.69, 9.17) is 4.74 Å². The molecule has 0 bridgehead atoms. The molecule has 0 spiro atoms. The van der Waals surface area contributed by atoms with Crippen LogP contribution in [0.1, 0.15) is 40.1 Å². The van der Waals surface area contributed by atoms with Crippen molar-refractivity contribution >= 4 is 11.8 Å². The van der Waals surface area contributed by atoms with E-state index in [0.29, 0.717) is 42.9 Å². The highest BCUT2D eigenvalue weighted by molar-refractivity contribution is 5.95. The lowest BCUT2D eigenvalue weighted by molar-refractivity contribution is -0.130. The minimum atomic E-state index is -0.687. The largest absolute Gasteiger partial charge is 0.484 e. The number of benzene rings is 2. The van der Waals surface area contributed by atoms with Gasteiger partial charge in [0.25, 0.3) is 5.91 Å². The van der Waals surface area contributed by atoms with Crippen LogP contribution in [0.5, 0.6) is 5.75 Å². The highest BCUT2D eigenvalue weighted by Gasteiger charge is 2.29. The van der Waals surface area contributed by atoms with Crippen LogP contribution in [0.3, 0.4) is 0 Å².